The number of hydrogen-bond acceptors (Lipinski definition) is 3. The van der Waals surface area contributed by atoms with E-state index in [9.17, 15) is 0 Å². The van der Waals surface area contributed by atoms with E-state index in [1.807, 2.05) is 0 Å². The average Bonchev–Trinajstić information content (AvgIpc) is 2.46. The van der Waals surface area contributed by atoms with Crippen LogP contribution in [0.1, 0.15) is 64.7 Å². The monoisotopic (exact) mass is 294 g/mol. The van der Waals surface area contributed by atoms with Crippen LogP contribution in [0.2, 0.25) is 0 Å². The maximum atomic E-state index is 6.91. The van der Waals surface area contributed by atoms with Gasteiger partial charge in [0.05, 0.1) is 5.60 Å². The third kappa shape index (κ3) is 2.77. The topological polar surface area (TPSA) is 38.5 Å². The molecule has 3 aliphatic rings. The molecule has 1 heterocycles. The number of ether oxygens (including phenoxy) is 1. The Morgan fingerprint density at radius 1 is 1.10 bits per heavy atom. The van der Waals surface area contributed by atoms with Crippen LogP contribution in [0.5, 0.6) is 0 Å². The van der Waals surface area contributed by atoms with Gasteiger partial charge in [-0.15, -0.1) is 0 Å². The van der Waals surface area contributed by atoms with Crippen LogP contribution in [0.3, 0.4) is 0 Å². The molecule has 0 bridgehead atoms. The minimum Gasteiger partial charge on any atom is -0.375 e. The predicted octanol–water partition coefficient (Wildman–Crippen LogP) is 3.17. The van der Waals surface area contributed by atoms with Crippen LogP contribution in [0.25, 0.3) is 0 Å². The van der Waals surface area contributed by atoms with Crippen LogP contribution >= 0.6 is 0 Å². The molecule has 21 heavy (non-hydrogen) atoms. The molecule has 3 fully saturated rings. The van der Waals surface area contributed by atoms with Crippen molar-refractivity contribution in [3.8, 4) is 0 Å². The number of rotatable bonds is 3. The van der Waals surface area contributed by atoms with Crippen molar-refractivity contribution in [1.82, 2.24) is 4.90 Å². The Morgan fingerprint density at radius 2 is 1.76 bits per heavy atom. The quantitative estimate of drug-likeness (QED) is 0.869. The van der Waals surface area contributed by atoms with E-state index in [0.717, 1.165) is 18.9 Å². The van der Waals surface area contributed by atoms with Gasteiger partial charge in [0.1, 0.15) is 0 Å². The van der Waals surface area contributed by atoms with E-state index in [1.165, 1.54) is 51.4 Å². The van der Waals surface area contributed by atoms with E-state index in [4.69, 9.17) is 10.5 Å². The van der Waals surface area contributed by atoms with E-state index in [-0.39, 0.29) is 11.1 Å². The summed E-state index contributed by atoms with van der Waals surface area (Å²) in [6.45, 7) is 3.32. The maximum Gasteiger partial charge on any atom is 0.0685 e. The number of nitrogens with zero attached hydrogens (tertiary/aromatic N) is 1. The third-order valence-corrected chi connectivity index (χ3v) is 6.95. The number of likely N-dealkylation sites (N-methyl/N-ethyl adjacent to an activating group) is 1. The predicted molar refractivity (Wildman–Crippen MR) is 87.3 cm³/mol. The minimum absolute atomic E-state index is 0.218. The molecule has 122 valence electrons. The summed E-state index contributed by atoms with van der Waals surface area (Å²) in [6.07, 6.45) is 11.5. The fourth-order valence-corrected chi connectivity index (χ4v) is 5.07. The molecule has 0 amide bonds. The Hall–Kier alpha value is -0.120. The molecule has 1 saturated heterocycles. The van der Waals surface area contributed by atoms with Crippen LogP contribution in [0, 0.1) is 11.8 Å². The van der Waals surface area contributed by atoms with Crippen LogP contribution in [-0.2, 0) is 4.74 Å². The first kappa shape index (κ1) is 15.8. The van der Waals surface area contributed by atoms with Crippen molar-refractivity contribution in [1.29, 1.82) is 0 Å². The Morgan fingerprint density at radius 3 is 2.29 bits per heavy atom. The highest BCUT2D eigenvalue weighted by Crippen LogP contribution is 2.48. The summed E-state index contributed by atoms with van der Waals surface area (Å²) in [5.41, 5.74) is 7.35. The average molecular weight is 294 g/mol. The Kier molecular flexibility index (Phi) is 4.37. The zero-order chi connectivity index (χ0) is 15.1. The molecular formula is C18H34N2O. The summed E-state index contributed by atoms with van der Waals surface area (Å²) < 4.78 is 6.11. The molecule has 2 N–H and O–H groups in total. The van der Waals surface area contributed by atoms with Crippen molar-refractivity contribution in [2.45, 2.75) is 81.9 Å². The molecule has 2 atom stereocenters. The molecule has 1 spiro atoms. The number of nitrogens with two attached hydrogens (primary N) is 1. The van der Waals surface area contributed by atoms with E-state index in [2.05, 4.69) is 25.9 Å². The second-order valence-corrected chi connectivity index (χ2v) is 8.34. The summed E-state index contributed by atoms with van der Waals surface area (Å²) in [5.74, 6) is 1.52. The minimum atomic E-state index is 0.218. The van der Waals surface area contributed by atoms with Gasteiger partial charge in [0.15, 0.2) is 0 Å². The first-order valence-corrected chi connectivity index (χ1v) is 9.04. The fourth-order valence-electron chi connectivity index (χ4n) is 5.07. The molecule has 0 aromatic rings. The highest BCUT2D eigenvalue weighted by molar-refractivity contribution is 5.06. The lowest BCUT2D eigenvalue weighted by Crippen LogP contribution is -2.63. The van der Waals surface area contributed by atoms with Gasteiger partial charge >= 0.3 is 0 Å². The second-order valence-electron chi connectivity index (χ2n) is 8.34. The van der Waals surface area contributed by atoms with Crippen molar-refractivity contribution in [2.75, 3.05) is 20.7 Å². The third-order valence-electron chi connectivity index (χ3n) is 6.95. The van der Waals surface area contributed by atoms with Crippen LogP contribution < -0.4 is 5.73 Å². The van der Waals surface area contributed by atoms with E-state index in [0.29, 0.717) is 12.0 Å². The molecule has 2 aliphatic carbocycles. The smallest absolute Gasteiger partial charge is 0.0685 e. The van der Waals surface area contributed by atoms with E-state index in [1.54, 1.807) is 0 Å². The molecule has 3 heteroatoms. The largest absolute Gasteiger partial charge is 0.375 e. The maximum absolute atomic E-state index is 6.91. The second kappa shape index (κ2) is 5.82. The standard InChI is InChI=1S/C18H34N2O/c1-14-5-10-18(11-6-14,20(2)3)16(19)15-7-12-21-17(13-15)8-4-9-17/h14-16H,4-13,19H2,1-3H3. The van der Waals surface area contributed by atoms with Gasteiger partial charge in [-0.05, 0) is 83.7 Å². The van der Waals surface area contributed by atoms with Crippen molar-refractivity contribution in [2.24, 2.45) is 17.6 Å². The molecule has 2 saturated carbocycles. The molecule has 0 aromatic carbocycles. The van der Waals surface area contributed by atoms with Crippen LogP contribution in [0.4, 0.5) is 0 Å². The van der Waals surface area contributed by atoms with Crippen molar-refractivity contribution in [3.05, 3.63) is 0 Å². The summed E-state index contributed by atoms with van der Waals surface area (Å²) >= 11 is 0. The Bertz CT molecular complexity index is 356. The normalized spacial score (nSPS) is 41.0. The number of hydrogen-bond donors (Lipinski definition) is 1. The summed E-state index contributed by atoms with van der Waals surface area (Å²) in [7, 11) is 4.49. The van der Waals surface area contributed by atoms with Gasteiger partial charge in [-0.25, -0.2) is 0 Å². The first-order valence-electron chi connectivity index (χ1n) is 9.04. The molecule has 1 aliphatic heterocycles. The summed E-state index contributed by atoms with van der Waals surface area (Å²) in [6, 6.07) is 0.307. The van der Waals surface area contributed by atoms with Gasteiger partial charge in [0.25, 0.3) is 0 Å². The summed E-state index contributed by atoms with van der Waals surface area (Å²) in [5, 5.41) is 0. The highest BCUT2D eigenvalue weighted by atomic mass is 16.5. The molecule has 2 unspecified atom stereocenters. The van der Waals surface area contributed by atoms with Crippen molar-refractivity contribution >= 4 is 0 Å². The molecule has 0 radical (unpaired) electrons. The van der Waals surface area contributed by atoms with Crippen LogP contribution in [-0.4, -0.2) is 42.8 Å². The Balaban J connectivity index is 1.73. The summed E-state index contributed by atoms with van der Waals surface area (Å²) in [4.78, 5) is 2.45. The van der Waals surface area contributed by atoms with Gasteiger partial charge in [-0.1, -0.05) is 6.92 Å². The molecule has 3 rings (SSSR count). The van der Waals surface area contributed by atoms with Gasteiger partial charge in [-0.3, -0.25) is 0 Å². The lowest BCUT2D eigenvalue weighted by molar-refractivity contribution is -0.152. The van der Waals surface area contributed by atoms with Gasteiger partial charge in [-0.2, -0.15) is 0 Å². The lowest BCUT2D eigenvalue weighted by atomic mass is 9.64. The fraction of sp³-hybridized carbons (Fsp3) is 1.00. The zero-order valence-corrected chi connectivity index (χ0v) is 14.2. The zero-order valence-electron chi connectivity index (χ0n) is 14.2. The van der Waals surface area contributed by atoms with Gasteiger partial charge in [0, 0.05) is 18.2 Å². The Labute approximate surface area is 130 Å². The molecular weight excluding hydrogens is 260 g/mol. The highest BCUT2D eigenvalue weighted by Gasteiger charge is 2.49. The molecule has 0 aromatic heterocycles. The SMILES string of the molecule is CC1CCC(C(N)C2CCOC3(CCC3)C2)(N(C)C)CC1. The van der Waals surface area contributed by atoms with Gasteiger partial charge in [0.2, 0.25) is 0 Å². The lowest BCUT2D eigenvalue weighted by Gasteiger charge is -2.54. The van der Waals surface area contributed by atoms with Crippen molar-refractivity contribution in [3.63, 3.8) is 0 Å². The van der Waals surface area contributed by atoms with E-state index >= 15 is 0 Å². The van der Waals surface area contributed by atoms with Crippen LogP contribution in [0.15, 0.2) is 0 Å². The van der Waals surface area contributed by atoms with Gasteiger partial charge < -0.3 is 15.4 Å². The van der Waals surface area contributed by atoms with Crippen molar-refractivity contribution < 1.29 is 4.74 Å². The molecule has 3 nitrogen and oxygen atoms in total. The first-order chi connectivity index (χ1) is 9.97. The van der Waals surface area contributed by atoms with E-state index < -0.39 is 0 Å².